The Morgan fingerprint density at radius 2 is 1.57 bits per heavy atom. The molecule has 11 heteroatoms. The number of rotatable bonds is 13. The third kappa shape index (κ3) is 11.0. The Kier molecular flexibility index (Phi) is 13.6. The fourth-order valence-corrected chi connectivity index (χ4v) is 7.25. The fraction of sp³-hybridized carbons (Fsp3) is 0.400. The van der Waals surface area contributed by atoms with Crippen molar-refractivity contribution >= 4 is 18.0 Å². The van der Waals surface area contributed by atoms with Crippen molar-refractivity contribution in [3.63, 3.8) is 0 Å². The van der Waals surface area contributed by atoms with Gasteiger partial charge in [0, 0.05) is 31.5 Å². The van der Waals surface area contributed by atoms with Gasteiger partial charge >= 0.3 is 18.0 Å². The van der Waals surface area contributed by atoms with E-state index in [4.69, 9.17) is 18.9 Å². The Hall–Kier alpha value is -5.07. The van der Waals surface area contributed by atoms with E-state index < -0.39 is 29.9 Å². The van der Waals surface area contributed by atoms with E-state index in [0.29, 0.717) is 19.4 Å². The lowest BCUT2D eigenvalue weighted by Gasteiger charge is -2.38. The van der Waals surface area contributed by atoms with Crippen molar-refractivity contribution in [3.05, 3.63) is 131 Å². The number of hydrogen-bond donors (Lipinski definition) is 3. The summed E-state index contributed by atoms with van der Waals surface area (Å²) in [5.74, 6) is -0.709. The summed E-state index contributed by atoms with van der Waals surface area (Å²) < 4.78 is 23.9. The van der Waals surface area contributed by atoms with Gasteiger partial charge in [0.05, 0.1) is 25.9 Å². The van der Waals surface area contributed by atoms with Gasteiger partial charge in [-0.2, -0.15) is 0 Å². The van der Waals surface area contributed by atoms with Crippen molar-refractivity contribution in [1.29, 1.82) is 0 Å². The van der Waals surface area contributed by atoms with Gasteiger partial charge in [0.2, 0.25) is 0 Å². The molecule has 0 bridgehead atoms. The lowest BCUT2D eigenvalue weighted by atomic mass is 9.98. The lowest BCUT2D eigenvalue weighted by Crippen LogP contribution is -2.47. The minimum absolute atomic E-state index is 0.0328. The number of likely N-dealkylation sites (tertiary alicyclic amines) is 1. The van der Waals surface area contributed by atoms with Gasteiger partial charge in [0.25, 0.3) is 0 Å². The van der Waals surface area contributed by atoms with Gasteiger partial charge in [0.15, 0.2) is 6.29 Å². The van der Waals surface area contributed by atoms with E-state index in [1.165, 1.54) is 7.11 Å². The molecule has 2 amide bonds. The zero-order chi connectivity index (χ0) is 39.7. The maximum absolute atomic E-state index is 13.1. The van der Waals surface area contributed by atoms with Crippen LogP contribution in [0, 0.1) is 0 Å². The molecular formula is C45H53N3O8. The fourth-order valence-electron chi connectivity index (χ4n) is 7.25. The highest BCUT2D eigenvalue weighted by Gasteiger charge is 2.39. The first-order valence-electron chi connectivity index (χ1n) is 19.3. The second-order valence-corrected chi connectivity index (χ2v) is 15.5. The van der Waals surface area contributed by atoms with E-state index in [2.05, 4.69) is 15.5 Å². The minimum atomic E-state index is -0.823. The first-order chi connectivity index (χ1) is 27.0. The molecule has 2 fully saturated rings. The Morgan fingerprint density at radius 1 is 0.857 bits per heavy atom. The quantitative estimate of drug-likeness (QED) is 0.126. The molecule has 2 heterocycles. The third-order valence-corrected chi connectivity index (χ3v) is 10.1. The molecular weight excluding hydrogens is 711 g/mol. The molecule has 4 aromatic carbocycles. The highest BCUT2D eigenvalue weighted by atomic mass is 16.7. The van der Waals surface area contributed by atoms with E-state index in [1.54, 1.807) is 0 Å². The van der Waals surface area contributed by atoms with Gasteiger partial charge in [-0.3, -0.25) is 9.69 Å². The van der Waals surface area contributed by atoms with Crippen LogP contribution in [0.25, 0.3) is 11.1 Å². The molecule has 56 heavy (non-hydrogen) atoms. The molecule has 2 aliphatic rings. The van der Waals surface area contributed by atoms with Crippen LogP contribution in [0.2, 0.25) is 0 Å². The zero-order valence-electron chi connectivity index (χ0n) is 32.6. The number of methoxy groups -OCH3 is 1. The summed E-state index contributed by atoms with van der Waals surface area (Å²) in [6.45, 7) is 7.26. The SMILES string of the molecule is COC(=O)C(Cc1ccccc1)NC(=O)NCc1cccc(-c2ccc(C3OC(CN4CCCC4C(=O)OC(C)(C)C)CC(c4ccc(CO)cc4)O3)cc2)c1. The molecule has 2 saturated heterocycles. The molecule has 4 aromatic rings. The summed E-state index contributed by atoms with van der Waals surface area (Å²) in [5, 5.41) is 15.2. The van der Waals surface area contributed by atoms with Crippen LogP contribution in [-0.4, -0.2) is 72.0 Å². The molecule has 0 aromatic heterocycles. The standard InChI is InChI=1S/C45H53N3O8/c1-45(2,3)56-42(51)39-14-9-23-48(39)28-37-26-40(34-17-15-31(29-49)16-18-34)55-43(54-37)35-21-19-33(20-22-35)36-13-8-12-32(24-36)27-46-44(52)47-38(41(50)53-4)25-30-10-6-5-7-11-30/h5-8,10-13,15-22,24,37-40,43,49H,9,14,23,25-29H2,1-4H3,(H2,46,47,52). The van der Waals surface area contributed by atoms with Crippen LogP contribution in [0.4, 0.5) is 4.79 Å². The molecule has 0 spiro atoms. The smallest absolute Gasteiger partial charge is 0.328 e. The number of benzene rings is 4. The predicted molar refractivity (Wildman–Crippen MR) is 212 cm³/mol. The van der Waals surface area contributed by atoms with Crippen molar-refractivity contribution in [2.75, 3.05) is 20.2 Å². The number of nitrogens with one attached hydrogen (secondary N) is 2. The molecule has 11 nitrogen and oxygen atoms in total. The van der Waals surface area contributed by atoms with Gasteiger partial charge in [0.1, 0.15) is 17.7 Å². The van der Waals surface area contributed by atoms with Gasteiger partial charge in [-0.1, -0.05) is 97.1 Å². The number of carbonyl (C=O) groups excluding carboxylic acids is 3. The number of esters is 2. The van der Waals surface area contributed by atoms with Crippen molar-refractivity contribution in [3.8, 4) is 11.1 Å². The number of urea groups is 1. The van der Waals surface area contributed by atoms with Crippen LogP contribution < -0.4 is 10.6 Å². The second-order valence-electron chi connectivity index (χ2n) is 15.5. The summed E-state index contributed by atoms with van der Waals surface area (Å²) >= 11 is 0. The molecule has 2 aliphatic heterocycles. The molecule has 0 saturated carbocycles. The highest BCUT2D eigenvalue weighted by Crippen LogP contribution is 2.39. The molecule has 6 rings (SSSR count). The van der Waals surface area contributed by atoms with Crippen molar-refractivity contribution in [2.45, 2.75) is 95.8 Å². The summed E-state index contributed by atoms with van der Waals surface area (Å²) in [6.07, 6.45) is 1.49. The molecule has 0 radical (unpaired) electrons. The average molecular weight is 764 g/mol. The number of amides is 2. The summed E-state index contributed by atoms with van der Waals surface area (Å²) in [5.41, 5.74) is 5.89. The second kappa shape index (κ2) is 18.7. The maximum Gasteiger partial charge on any atom is 0.328 e. The molecule has 296 valence electrons. The van der Waals surface area contributed by atoms with Gasteiger partial charge < -0.3 is 34.7 Å². The number of nitrogens with zero attached hydrogens (tertiary/aromatic N) is 1. The van der Waals surface area contributed by atoms with Crippen LogP contribution in [0.5, 0.6) is 0 Å². The van der Waals surface area contributed by atoms with Crippen LogP contribution in [0.1, 0.15) is 80.2 Å². The van der Waals surface area contributed by atoms with Crippen LogP contribution in [0.3, 0.4) is 0 Å². The number of ether oxygens (including phenoxy) is 4. The largest absolute Gasteiger partial charge is 0.467 e. The summed E-state index contributed by atoms with van der Waals surface area (Å²) in [7, 11) is 1.31. The highest BCUT2D eigenvalue weighted by molar-refractivity contribution is 5.83. The van der Waals surface area contributed by atoms with E-state index >= 15 is 0 Å². The molecule has 3 N–H and O–H groups in total. The number of aliphatic hydroxyl groups excluding tert-OH is 1. The van der Waals surface area contributed by atoms with Crippen LogP contribution >= 0.6 is 0 Å². The number of hydrogen-bond acceptors (Lipinski definition) is 9. The Morgan fingerprint density at radius 3 is 2.27 bits per heavy atom. The van der Waals surface area contributed by atoms with Crippen molar-refractivity contribution in [1.82, 2.24) is 15.5 Å². The minimum Gasteiger partial charge on any atom is -0.467 e. The maximum atomic E-state index is 13.1. The van der Waals surface area contributed by atoms with Crippen molar-refractivity contribution in [2.24, 2.45) is 0 Å². The topological polar surface area (TPSA) is 136 Å². The number of aliphatic hydroxyl groups is 1. The predicted octanol–water partition coefficient (Wildman–Crippen LogP) is 6.78. The van der Waals surface area contributed by atoms with Crippen LogP contribution in [0.15, 0.2) is 103 Å². The monoisotopic (exact) mass is 763 g/mol. The summed E-state index contributed by atoms with van der Waals surface area (Å²) in [4.78, 5) is 40.6. The van der Waals surface area contributed by atoms with E-state index in [1.807, 2.05) is 124 Å². The first-order valence-corrected chi connectivity index (χ1v) is 19.3. The molecule has 0 aliphatic carbocycles. The Bertz CT molecular complexity index is 1910. The van der Waals surface area contributed by atoms with E-state index in [9.17, 15) is 19.5 Å². The van der Waals surface area contributed by atoms with Crippen LogP contribution in [-0.2, 0) is 48.1 Å². The van der Waals surface area contributed by atoms with E-state index in [0.717, 1.165) is 58.3 Å². The van der Waals surface area contributed by atoms with Crippen molar-refractivity contribution < 1.29 is 38.4 Å². The normalized spacial score (nSPS) is 20.5. The van der Waals surface area contributed by atoms with Gasteiger partial charge in [-0.15, -0.1) is 0 Å². The molecule has 5 atom stereocenters. The average Bonchev–Trinajstić information content (AvgIpc) is 3.67. The summed E-state index contributed by atoms with van der Waals surface area (Å²) in [6, 6.07) is 31.6. The van der Waals surface area contributed by atoms with E-state index in [-0.39, 0.29) is 37.4 Å². The first kappa shape index (κ1) is 40.6. The Balaban J connectivity index is 1.12. The van der Waals surface area contributed by atoms with Gasteiger partial charge in [-0.05, 0) is 79.6 Å². The Labute approximate surface area is 329 Å². The number of carbonyl (C=O) groups is 3. The van der Waals surface area contributed by atoms with Gasteiger partial charge in [-0.25, -0.2) is 9.59 Å². The third-order valence-electron chi connectivity index (χ3n) is 10.1. The molecule has 5 unspecified atom stereocenters. The lowest BCUT2D eigenvalue weighted by molar-refractivity contribution is -0.253. The zero-order valence-corrected chi connectivity index (χ0v) is 32.6.